The van der Waals surface area contributed by atoms with Crippen LogP contribution in [-0.4, -0.2) is 15.6 Å². The summed E-state index contributed by atoms with van der Waals surface area (Å²) in [7, 11) is 0. The molecule has 7 rings (SSSR count). The van der Waals surface area contributed by atoms with Crippen LogP contribution in [0.25, 0.3) is 27.6 Å². The van der Waals surface area contributed by atoms with Gasteiger partial charge in [0.2, 0.25) is 0 Å². The lowest BCUT2D eigenvalue weighted by molar-refractivity contribution is 0.112. The molecule has 2 aromatic heterocycles. The predicted octanol–water partition coefficient (Wildman–Crippen LogP) is 9.67. The van der Waals surface area contributed by atoms with E-state index >= 15 is 0 Å². The zero-order valence-electron chi connectivity index (χ0n) is 23.7. The van der Waals surface area contributed by atoms with Crippen LogP contribution in [0.4, 0.5) is 17.1 Å². The molecule has 0 aliphatic carbocycles. The lowest BCUT2D eigenvalue weighted by Crippen LogP contribution is -2.30. The molecule has 4 aromatic carbocycles. The Morgan fingerprint density at radius 1 is 0.683 bits per heavy atom. The van der Waals surface area contributed by atoms with Crippen molar-refractivity contribution in [2.24, 2.45) is 0 Å². The molecule has 0 bridgehead atoms. The first-order valence-corrected chi connectivity index (χ1v) is 14.9. The third-order valence-corrected chi connectivity index (χ3v) is 8.55. The van der Waals surface area contributed by atoms with Gasteiger partial charge in [-0.25, -0.2) is 10.0 Å². The second-order valence-electron chi connectivity index (χ2n) is 11.0. The van der Waals surface area contributed by atoms with Crippen molar-refractivity contribution in [1.29, 1.82) is 0 Å². The normalized spacial score (nSPS) is 13.2. The van der Waals surface area contributed by atoms with Gasteiger partial charge >= 0.3 is 0 Å². The van der Waals surface area contributed by atoms with Crippen molar-refractivity contribution in [2.75, 3.05) is 10.1 Å². The zero-order chi connectivity index (χ0) is 28.1. The van der Waals surface area contributed by atoms with E-state index in [0.717, 1.165) is 33.3 Å². The van der Waals surface area contributed by atoms with E-state index in [1.54, 1.807) is 11.8 Å². The molecule has 0 fully saturated rings. The highest BCUT2D eigenvalue weighted by atomic mass is 32.2. The molecular weight excluding hydrogens is 524 g/mol. The highest BCUT2D eigenvalue weighted by molar-refractivity contribution is 7.99. The van der Waals surface area contributed by atoms with E-state index in [4.69, 9.17) is 9.92 Å². The Balaban J connectivity index is 1.28. The SMILES string of the molecule is CC(C)c1ccnc(-n2c3ccccc3c3ccc(Sc4cccc(N5ON(C(C)C)c6ccccc65)c4)cc32)c1. The molecule has 204 valence electrons. The molecule has 1 aliphatic heterocycles. The summed E-state index contributed by atoms with van der Waals surface area (Å²) in [6.45, 7) is 8.72. The number of pyridine rings is 1. The number of rotatable bonds is 6. The smallest absolute Gasteiger partial charge is 0.137 e. The lowest BCUT2D eigenvalue weighted by Gasteiger charge is -2.23. The minimum Gasteiger partial charge on any atom is -0.294 e. The van der Waals surface area contributed by atoms with Crippen LogP contribution in [0.3, 0.4) is 0 Å². The number of hydroxylamine groups is 1. The molecule has 0 amide bonds. The van der Waals surface area contributed by atoms with Crippen molar-refractivity contribution in [3.8, 4) is 5.82 Å². The summed E-state index contributed by atoms with van der Waals surface area (Å²) in [5.41, 5.74) is 6.73. The number of nitrogens with zero attached hydrogens (tertiary/aromatic N) is 4. The van der Waals surface area contributed by atoms with Gasteiger partial charge in [0.05, 0.1) is 34.1 Å². The van der Waals surface area contributed by atoms with Gasteiger partial charge in [-0.15, -0.1) is 4.94 Å². The second kappa shape index (κ2) is 10.3. The first kappa shape index (κ1) is 25.7. The first-order valence-electron chi connectivity index (χ1n) is 14.1. The van der Waals surface area contributed by atoms with Gasteiger partial charge in [0.15, 0.2) is 0 Å². The fourth-order valence-electron chi connectivity index (χ4n) is 5.54. The van der Waals surface area contributed by atoms with Crippen molar-refractivity contribution in [3.05, 3.63) is 115 Å². The molecule has 0 spiro atoms. The lowest BCUT2D eigenvalue weighted by atomic mass is 10.1. The van der Waals surface area contributed by atoms with Crippen molar-refractivity contribution >= 4 is 50.6 Å². The van der Waals surface area contributed by atoms with Crippen LogP contribution < -0.4 is 10.1 Å². The molecule has 6 aromatic rings. The number of hydrogen-bond donors (Lipinski definition) is 0. The zero-order valence-corrected chi connectivity index (χ0v) is 24.5. The van der Waals surface area contributed by atoms with Gasteiger partial charge in [-0.1, -0.05) is 68.1 Å². The van der Waals surface area contributed by atoms with Crippen LogP contribution in [0.5, 0.6) is 0 Å². The molecule has 0 saturated heterocycles. The van der Waals surface area contributed by atoms with Crippen LogP contribution in [0.1, 0.15) is 39.2 Å². The van der Waals surface area contributed by atoms with Gasteiger partial charge in [-0.3, -0.25) is 4.57 Å². The van der Waals surface area contributed by atoms with E-state index in [9.17, 15) is 0 Å². The maximum absolute atomic E-state index is 6.31. The molecule has 6 heteroatoms. The summed E-state index contributed by atoms with van der Waals surface area (Å²) in [6.07, 6.45) is 1.92. The number of fused-ring (bicyclic) bond motifs is 4. The van der Waals surface area contributed by atoms with Crippen molar-refractivity contribution in [1.82, 2.24) is 9.55 Å². The Bertz CT molecular complexity index is 1890. The number of hydrogen-bond acceptors (Lipinski definition) is 5. The average Bonchev–Trinajstić information content (AvgIpc) is 3.54. The van der Waals surface area contributed by atoms with Crippen molar-refractivity contribution in [3.63, 3.8) is 0 Å². The highest BCUT2D eigenvalue weighted by Crippen LogP contribution is 2.43. The van der Waals surface area contributed by atoms with E-state index in [-0.39, 0.29) is 6.04 Å². The van der Waals surface area contributed by atoms with Gasteiger partial charge in [-0.2, -0.15) is 5.06 Å². The van der Waals surface area contributed by atoms with Gasteiger partial charge in [0.1, 0.15) is 5.82 Å². The molecule has 0 radical (unpaired) electrons. The monoisotopic (exact) mass is 556 g/mol. The van der Waals surface area contributed by atoms with Crippen LogP contribution in [0.2, 0.25) is 0 Å². The van der Waals surface area contributed by atoms with Gasteiger partial charge in [0.25, 0.3) is 0 Å². The molecule has 3 heterocycles. The molecular formula is C35H32N4OS. The average molecular weight is 557 g/mol. The maximum atomic E-state index is 6.31. The Morgan fingerprint density at radius 3 is 2.27 bits per heavy atom. The van der Waals surface area contributed by atoms with Crippen LogP contribution in [-0.2, 0) is 4.94 Å². The minimum atomic E-state index is 0.216. The van der Waals surface area contributed by atoms with E-state index in [1.807, 2.05) is 16.3 Å². The third-order valence-electron chi connectivity index (χ3n) is 7.57. The number of para-hydroxylation sites is 3. The maximum Gasteiger partial charge on any atom is 0.137 e. The number of aromatic nitrogens is 2. The fourth-order valence-corrected chi connectivity index (χ4v) is 6.45. The molecule has 5 nitrogen and oxygen atoms in total. The Kier molecular flexibility index (Phi) is 6.45. The van der Waals surface area contributed by atoms with Gasteiger partial charge in [0, 0.05) is 26.8 Å². The number of benzene rings is 4. The number of anilines is 3. The van der Waals surface area contributed by atoms with E-state index in [1.165, 1.54) is 26.7 Å². The highest BCUT2D eigenvalue weighted by Gasteiger charge is 2.30. The van der Waals surface area contributed by atoms with Crippen molar-refractivity contribution in [2.45, 2.75) is 49.4 Å². The molecule has 0 N–H and O–H groups in total. The molecule has 1 aliphatic rings. The third kappa shape index (κ3) is 4.53. The summed E-state index contributed by atoms with van der Waals surface area (Å²) in [5, 5.41) is 6.35. The van der Waals surface area contributed by atoms with Crippen LogP contribution in [0, 0.1) is 0 Å². The first-order chi connectivity index (χ1) is 20.0. The van der Waals surface area contributed by atoms with Gasteiger partial charge in [-0.05, 0) is 86.0 Å². The molecule has 41 heavy (non-hydrogen) atoms. The van der Waals surface area contributed by atoms with Gasteiger partial charge < -0.3 is 0 Å². The summed E-state index contributed by atoms with van der Waals surface area (Å²) in [6, 6.07) is 36.7. The summed E-state index contributed by atoms with van der Waals surface area (Å²) in [4.78, 5) is 13.4. The molecule has 0 saturated carbocycles. The standard InChI is InChI=1S/C35H32N4OS/c1-23(2)25-18-19-36-35(20-25)37-31-13-6-5-12-29(31)30-17-16-28(22-34(30)37)41-27-11-9-10-26(21-27)39-33-15-8-7-14-32(33)38(40-39)24(3)4/h5-24H,1-4H3. The quantitative estimate of drug-likeness (QED) is 0.204. The van der Waals surface area contributed by atoms with Crippen molar-refractivity contribution < 1.29 is 4.94 Å². The Morgan fingerprint density at radius 2 is 1.44 bits per heavy atom. The van der Waals surface area contributed by atoms with E-state index < -0.39 is 0 Å². The second-order valence-corrected chi connectivity index (χ2v) is 12.2. The summed E-state index contributed by atoms with van der Waals surface area (Å²) in [5.74, 6) is 1.38. The van der Waals surface area contributed by atoms with E-state index in [2.05, 4.69) is 135 Å². The fraction of sp³-hybridized carbons (Fsp3) is 0.171. The van der Waals surface area contributed by atoms with Crippen LogP contribution in [0.15, 0.2) is 119 Å². The van der Waals surface area contributed by atoms with Crippen LogP contribution >= 0.6 is 11.8 Å². The largest absolute Gasteiger partial charge is 0.294 e. The topological polar surface area (TPSA) is 33.5 Å². The molecule has 0 atom stereocenters. The minimum absolute atomic E-state index is 0.216. The summed E-state index contributed by atoms with van der Waals surface area (Å²) >= 11 is 1.76. The molecule has 0 unspecified atom stereocenters. The Labute approximate surface area is 244 Å². The summed E-state index contributed by atoms with van der Waals surface area (Å²) < 4.78 is 2.30. The predicted molar refractivity (Wildman–Crippen MR) is 171 cm³/mol. The van der Waals surface area contributed by atoms with E-state index in [0.29, 0.717) is 5.92 Å². The Hall–Kier alpha value is -4.26.